The summed E-state index contributed by atoms with van der Waals surface area (Å²) in [5, 5.41) is -0.354. The highest BCUT2D eigenvalue weighted by atomic mass is 16.2. The normalized spacial score (nSPS) is 33.7. The third-order valence-corrected chi connectivity index (χ3v) is 3.06. The standard InChI is InChI=1S/C15H15N3O3/c1-8-17-11-4-2-3-10(16)14(11)15(21)18(8)12-6-5-9(19)7-13(12)20/h2-4,12H,5-7,16H2,1H3/t12-/m1/s1/i1D3,5D2,6D2,12D. The van der Waals surface area contributed by atoms with Gasteiger partial charge in [-0.05, 0) is 25.4 Å². The molecule has 0 unspecified atom stereocenters. The van der Waals surface area contributed by atoms with Crippen molar-refractivity contribution in [3.63, 3.8) is 0 Å². The fourth-order valence-corrected chi connectivity index (χ4v) is 2.12. The predicted octanol–water partition coefficient (Wildman–Crippen LogP) is 1.15. The van der Waals surface area contributed by atoms with E-state index < -0.39 is 55.0 Å². The lowest BCUT2D eigenvalue weighted by atomic mass is 9.92. The Balaban J connectivity index is 2.56. The number of Topliss-reactive ketones (excluding diaryl/α,β-unsaturated/α-hetero) is 2. The molecule has 3 rings (SSSR count). The molecule has 1 aliphatic carbocycles. The SMILES string of the molecule is [2H]C([2H])([2H])c1nc2cccc(N)c2c(=O)n1[C@@]1([2H])C(=O)CC(=O)C([2H])([2H])C1([2H])[2H]. The van der Waals surface area contributed by atoms with Crippen LogP contribution in [0.4, 0.5) is 5.69 Å². The molecular formula is C15H15N3O3. The summed E-state index contributed by atoms with van der Waals surface area (Å²) >= 11 is 0. The van der Waals surface area contributed by atoms with Gasteiger partial charge in [0.05, 0.1) is 24.7 Å². The molecule has 1 aliphatic rings. The maximum absolute atomic E-state index is 13.2. The van der Waals surface area contributed by atoms with Gasteiger partial charge >= 0.3 is 0 Å². The van der Waals surface area contributed by atoms with Crippen LogP contribution in [0, 0.1) is 6.85 Å². The van der Waals surface area contributed by atoms with Crippen LogP contribution >= 0.6 is 0 Å². The average molecular weight is 293 g/mol. The summed E-state index contributed by atoms with van der Waals surface area (Å²) in [4.78, 5) is 41.6. The number of fused-ring (bicyclic) bond motifs is 1. The second-order valence-corrected chi connectivity index (χ2v) is 4.44. The summed E-state index contributed by atoms with van der Waals surface area (Å²) in [6.07, 6.45) is -8.12. The minimum atomic E-state index is -3.59. The van der Waals surface area contributed by atoms with Crippen LogP contribution in [-0.2, 0) is 9.59 Å². The van der Waals surface area contributed by atoms with Crippen LogP contribution in [0.2, 0.25) is 0 Å². The minimum absolute atomic E-state index is 0.0191. The second kappa shape index (κ2) is 4.80. The number of nitrogens with two attached hydrogens (primary N) is 1. The number of carbonyl (C=O) groups is 2. The lowest BCUT2D eigenvalue weighted by Crippen LogP contribution is -2.36. The van der Waals surface area contributed by atoms with Crippen LogP contribution in [0.1, 0.15) is 42.0 Å². The van der Waals surface area contributed by atoms with Crippen LogP contribution in [-0.4, -0.2) is 21.1 Å². The van der Waals surface area contributed by atoms with Crippen molar-refractivity contribution in [3.05, 3.63) is 34.4 Å². The van der Waals surface area contributed by atoms with Gasteiger partial charge in [0.15, 0.2) is 5.78 Å². The molecule has 1 atom stereocenters. The summed E-state index contributed by atoms with van der Waals surface area (Å²) in [6.45, 7) is -3.17. The number of aryl methyl sites for hydroxylation is 1. The number of nitrogens with zero attached hydrogens (tertiary/aromatic N) is 2. The van der Waals surface area contributed by atoms with Crippen LogP contribution in [0.5, 0.6) is 0 Å². The van der Waals surface area contributed by atoms with Gasteiger partial charge in [-0.15, -0.1) is 0 Å². The van der Waals surface area contributed by atoms with Gasteiger partial charge in [-0.1, -0.05) is 6.07 Å². The molecule has 2 aromatic rings. The molecule has 21 heavy (non-hydrogen) atoms. The number of aromatic nitrogens is 2. The van der Waals surface area contributed by atoms with E-state index in [4.69, 9.17) is 16.7 Å². The van der Waals surface area contributed by atoms with Crippen molar-refractivity contribution in [2.75, 3.05) is 5.73 Å². The minimum Gasteiger partial charge on any atom is -0.398 e. The molecule has 1 heterocycles. The third kappa shape index (κ3) is 2.12. The molecule has 0 spiro atoms. The van der Waals surface area contributed by atoms with E-state index in [0.717, 1.165) is 0 Å². The Morgan fingerprint density at radius 2 is 2.29 bits per heavy atom. The highest BCUT2D eigenvalue weighted by Crippen LogP contribution is 2.24. The zero-order chi connectivity index (χ0) is 22.2. The Labute approximate surface area is 131 Å². The van der Waals surface area contributed by atoms with E-state index in [0.29, 0.717) is 0 Å². The molecule has 6 nitrogen and oxygen atoms in total. The summed E-state index contributed by atoms with van der Waals surface area (Å²) in [5.74, 6) is -3.96. The van der Waals surface area contributed by atoms with Gasteiger partial charge in [-0.3, -0.25) is 19.0 Å². The molecule has 1 aromatic heterocycles. The quantitative estimate of drug-likeness (QED) is 0.628. The molecule has 0 aliphatic heterocycles. The first kappa shape index (κ1) is 6.98. The molecule has 0 bridgehead atoms. The Hall–Kier alpha value is -2.50. The Bertz CT molecular complexity index is 1120. The predicted molar refractivity (Wildman–Crippen MR) is 78.1 cm³/mol. The molecular weight excluding hydrogens is 270 g/mol. The van der Waals surface area contributed by atoms with E-state index in [1.807, 2.05) is 0 Å². The molecule has 0 radical (unpaired) electrons. The second-order valence-electron chi connectivity index (χ2n) is 4.44. The number of ketones is 2. The highest BCUT2D eigenvalue weighted by Gasteiger charge is 2.30. The molecule has 2 N–H and O–H groups in total. The Morgan fingerprint density at radius 1 is 1.48 bits per heavy atom. The molecule has 0 saturated heterocycles. The van der Waals surface area contributed by atoms with Gasteiger partial charge in [0, 0.05) is 21.7 Å². The van der Waals surface area contributed by atoms with E-state index in [2.05, 4.69) is 4.98 Å². The van der Waals surface area contributed by atoms with Gasteiger partial charge in [-0.25, -0.2) is 4.98 Å². The number of anilines is 1. The first-order valence-electron chi connectivity index (χ1n) is 9.97. The number of nitrogen functional groups attached to an aromatic ring is 1. The van der Waals surface area contributed by atoms with Crippen molar-refractivity contribution in [1.82, 2.24) is 9.55 Å². The lowest BCUT2D eigenvalue weighted by molar-refractivity contribution is -0.132. The Kier molecular flexibility index (Phi) is 1.59. The van der Waals surface area contributed by atoms with Gasteiger partial charge in [0.25, 0.3) is 5.56 Å². The summed E-state index contributed by atoms with van der Waals surface area (Å²) in [7, 11) is 0. The number of carbonyl (C=O) groups excluding carboxylic acids is 2. The van der Waals surface area contributed by atoms with Crippen molar-refractivity contribution in [2.24, 2.45) is 0 Å². The maximum atomic E-state index is 13.2. The van der Waals surface area contributed by atoms with E-state index in [1.165, 1.54) is 18.2 Å². The lowest BCUT2D eigenvalue weighted by Gasteiger charge is -2.24. The van der Waals surface area contributed by atoms with Crippen LogP contribution in [0.25, 0.3) is 10.9 Å². The van der Waals surface area contributed by atoms with E-state index >= 15 is 0 Å². The summed E-state index contributed by atoms with van der Waals surface area (Å²) in [6, 6.07) is 0.566. The van der Waals surface area contributed by atoms with Crippen LogP contribution in [0.15, 0.2) is 23.0 Å². The van der Waals surface area contributed by atoms with E-state index in [-0.39, 0.29) is 21.2 Å². The van der Waals surface area contributed by atoms with Gasteiger partial charge in [0.1, 0.15) is 11.6 Å². The summed E-state index contributed by atoms with van der Waals surface area (Å²) in [5.41, 5.74) is 4.17. The van der Waals surface area contributed by atoms with Crippen LogP contribution in [0.3, 0.4) is 0 Å². The molecule has 1 saturated carbocycles. The molecule has 0 amide bonds. The number of benzene rings is 1. The van der Waals surface area contributed by atoms with Gasteiger partial charge in [-0.2, -0.15) is 0 Å². The van der Waals surface area contributed by atoms with E-state index in [9.17, 15) is 14.4 Å². The Morgan fingerprint density at radius 3 is 3.05 bits per heavy atom. The average Bonchev–Trinajstić information content (AvgIpc) is 2.58. The fourth-order valence-electron chi connectivity index (χ4n) is 2.12. The first-order chi connectivity index (χ1) is 13.1. The zero-order valence-corrected chi connectivity index (χ0v) is 10.6. The molecule has 1 aromatic carbocycles. The largest absolute Gasteiger partial charge is 0.398 e. The highest BCUT2D eigenvalue weighted by molar-refractivity contribution is 6.03. The van der Waals surface area contributed by atoms with Crippen molar-refractivity contribution < 1.29 is 20.6 Å². The number of hydrogen-bond acceptors (Lipinski definition) is 5. The molecule has 108 valence electrons. The molecule has 1 fully saturated rings. The topological polar surface area (TPSA) is 95.0 Å². The van der Waals surface area contributed by atoms with Crippen molar-refractivity contribution >= 4 is 28.2 Å². The monoisotopic (exact) mass is 293 g/mol. The third-order valence-electron chi connectivity index (χ3n) is 3.06. The zero-order valence-electron chi connectivity index (χ0n) is 18.6. The van der Waals surface area contributed by atoms with Crippen LogP contribution < -0.4 is 11.3 Å². The molecule has 6 heteroatoms. The van der Waals surface area contributed by atoms with E-state index in [1.54, 1.807) is 0 Å². The number of hydrogen-bond donors (Lipinski definition) is 1. The summed E-state index contributed by atoms with van der Waals surface area (Å²) < 4.78 is 63.4. The van der Waals surface area contributed by atoms with Crippen molar-refractivity contribution in [2.45, 2.75) is 32.0 Å². The van der Waals surface area contributed by atoms with Crippen molar-refractivity contribution in [3.8, 4) is 0 Å². The smallest absolute Gasteiger partial charge is 0.264 e. The van der Waals surface area contributed by atoms with Gasteiger partial charge in [0.2, 0.25) is 0 Å². The maximum Gasteiger partial charge on any atom is 0.264 e. The van der Waals surface area contributed by atoms with Gasteiger partial charge < -0.3 is 5.73 Å². The van der Waals surface area contributed by atoms with Crippen molar-refractivity contribution in [1.29, 1.82) is 0 Å². The first-order valence-corrected chi connectivity index (χ1v) is 5.97. The number of rotatable bonds is 1. The fraction of sp³-hybridized carbons (Fsp3) is 0.333.